The fourth-order valence-corrected chi connectivity index (χ4v) is 4.85. The fourth-order valence-electron chi connectivity index (χ4n) is 3.93. The summed E-state index contributed by atoms with van der Waals surface area (Å²) in [6.07, 6.45) is 5.23. The van der Waals surface area contributed by atoms with Crippen LogP contribution >= 0.6 is 0 Å². The van der Waals surface area contributed by atoms with Crippen molar-refractivity contribution in [2.75, 3.05) is 25.1 Å². The van der Waals surface area contributed by atoms with E-state index in [4.69, 9.17) is 14.3 Å². The Kier molecular flexibility index (Phi) is 7.99. The van der Waals surface area contributed by atoms with E-state index in [1.54, 1.807) is 37.3 Å². The zero-order valence-electron chi connectivity index (χ0n) is 21.7. The molecule has 1 unspecified atom stereocenters. The molecule has 1 aliphatic rings. The first-order chi connectivity index (χ1) is 18.1. The summed E-state index contributed by atoms with van der Waals surface area (Å²) in [4.78, 5) is 34.1. The summed E-state index contributed by atoms with van der Waals surface area (Å²) >= 11 is 0. The molecule has 3 heterocycles. The van der Waals surface area contributed by atoms with Gasteiger partial charge in [-0.05, 0) is 55.5 Å². The SMILES string of the molecule is CC[C@](C)(C(=O)N(OC1CCCCO1)n1ccc(-c2ccc(-n3ncc(OC)n3)cc2)cc1=O)S(C)(=O)=O. The molecule has 204 valence electrons. The third-order valence-corrected chi connectivity index (χ3v) is 8.78. The van der Waals surface area contributed by atoms with Crippen LogP contribution in [0.4, 0.5) is 0 Å². The van der Waals surface area contributed by atoms with E-state index < -0.39 is 32.3 Å². The average molecular weight is 546 g/mol. The number of carbonyl (C=O) groups is 1. The van der Waals surface area contributed by atoms with Crippen molar-refractivity contribution in [2.24, 2.45) is 0 Å². The number of methoxy groups -OCH3 is 1. The molecule has 1 fully saturated rings. The quantitative estimate of drug-likeness (QED) is 0.371. The van der Waals surface area contributed by atoms with E-state index in [-0.39, 0.29) is 6.42 Å². The van der Waals surface area contributed by atoms with E-state index in [2.05, 4.69) is 10.2 Å². The van der Waals surface area contributed by atoms with Crippen LogP contribution in [-0.4, -0.2) is 65.0 Å². The molecule has 2 aromatic heterocycles. The first-order valence-electron chi connectivity index (χ1n) is 12.2. The molecule has 0 spiro atoms. The van der Waals surface area contributed by atoms with Crippen LogP contribution < -0.4 is 15.5 Å². The van der Waals surface area contributed by atoms with Crippen molar-refractivity contribution in [2.45, 2.75) is 50.6 Å². The molecule has 38 heavy (non-hydrogen) atoms. The first kappa shape index (κ1) is 27.5. The van der Waals surface area contributed by atoms with Gasteiger partial charge in [0.05, 0.1) is 12.8 Å². The van der Waals surface area contributed by atoms with Crippen molar-refractivity contribution in [1.29, 1.82) is 0 Å². The van der Waals surface area contributed by atoms with Crippen molar-refractivity contribution in [1.82, 2.24) is 19.7 Å². The lowest BCUT2D eigenvalue weighted by Crippen LogP contribution is -2.58. The number of amides is 1. The van der Waals surface area contributed by atoms with Gasteiger partial charge >= 0.3 is 0 Å². The molecule has 1 amide bonds. The largest absolute Gasteiger partial charge is 0.479 e. The molecule has 0 radical (unpaired) electrons. The van der Waals surface area contributed by atoms with Gasteiger partial charge in [0.1, 0.15) is 6.20 Å². The van der Waals surface area contributed by atoms with Crippen LogP contribution in [0.5, 0.6) is 5.88 Å². The molecule has 3 aromatic rings. The Morgan fingerprint density at radius 3 is 2.50 bits per heavy atom. The van der Waals surface area contributed by atoms with E-state index in [9.17, 15) is 18.0 Å². The summed E-state index contributed by atoms with van der Waals surface area (Å²) in [7, 11) is -2.34. The highest BCUT2D eigenvalue weighted by Crippen LogP contribution is 2.25. The maximum absolute atomic E-state index is 13.6. The van der Waals surface area contributed by atoms with Crippen LogP contribution in [0.2, 0.25) is 0 Å². The van der Waals surface area contributed by atoms with Crippen molar-refractivity contribution < 1.29 is 27.5 Å². The molecule has 13 heteroatoms. The van der Waals surface area contributed by atoms with Gasteiger partial charge in [0.2, 0.25) is 0 Å². The monoisotopic (exact) mass is 545 g/mol. The zero-order valence-corrected chi connectivity index (χ0v) is 22.6. The van der Waals surface area contributed by atoms with Crippen molar-refractivity contribution >= 4 is 15.7 Å². The number of carbonyl (C=O) groups excluding carboxylic acids is 1. The van der Waals surface area contributed by atoms with E-state index >= 15 is 0 Å². The lowest BCUT2D eigenvalue weighted by Gasteiger charge is -2.34. The smallest absolute Gasteiger partial charge is 0.288 e. The van der Waals surface area contributed by atoms with Gasteiger partial charge in [0, 0.05) is 31.5 Å². The molecular formula is C25H31N5O7S. The number of benzene rings is 1. The van der Waals surface area contributed by atoms with Crippen LogP contribution in [0.1, 0.15) is 39.5 Å². The summed E-state index contributed by atoms with van der Waals surface area (Å²) in [5, 5.41) is 9.05. The number of hydrogen-bond donors (Lipinski definition) is 0. The van der Waals surface area contributed by atoms with E-state index in [0.29, 0.717) is 30.2 Å². The van der Waals surface area contributed by atoms with Crippen LogP contribution in [0, 0.1) is 0 Å². The summed E-state index contributed by atoms with van der Waals surface area (Å²) < 4.78 is 35.0. The molecule has 1 aliphatic heterocycles. The van der Waals surface area contributed by atoms with Crippen LogP contribution in [0.25, 0.3) is 16.8 Å². The molecule has 0 bridgehead atoms. The molecule has 0 saturated carbocycles. The fraction of sp³-hybridized carbons (Fsp3) is 0.440. The Morgan fingerprint density at radius 2 is 1.95 bits per heavy atom. The minimum Gasteiger partial charge on any atom is -0.479 e. The second-order valence-corrected chi connectivity index (χ2v) is 11.6. The minimum absolute atomic E-state index is 0.00772. The van der Waals surface area contributed by atoms with Crippen LogP contribution in [0.3, 0.4) is 0 Å². The average Bonchev–Trinajstić information content (AvgIpc) is 3.40. The van der Waals surface area contributed by atoms with Crippen LogP contribution in [0.15, 0.2) is 53.6 Å². The molecule has 0 N–H and O–H groups in total. The van der Waals surface area contributed by atoms with Crippen molar-refractivity contribution in [3.05, 3.63) is 59.1 Å². The number of ether oxygens (including phenoxy) is 2. The Bertz CT molecular complexity index is 1450. The lowest BCUT2D eigenvalue weighted by atomic mass is 10.1. The minimum atomic E-state index is -3.85. The second kappa shape index (κ2) is 11.1. The normalized spacial score (nSPS) is 17.5. The Morgan fingerprint density at radius 1 is 1.21 bits per heavy atom. The van der Waals surface area contributed by atoms with Gasteiger partial charge in [-0.2, -0.15) is 9.77 Å². The number of hydrogen-bond acceptors (Lipinski definition) is 9. The summed E-state index contributed by atoms with van der Waals surface area (Å²) in [6, 6.07) is 10.2. The summed E-state index contributed by atoms with van der Waals surface area (Å²) in [6.45, 7) is 3.36. The Labute approximate surface area is 220 Å². The van der Waals surface area contributed by atoms with Crippen molar-refractivity contribution in [3.63, 3.8) is 0 Å². The van der Waals surface area contributed by atoms with E-state index in [0.717, 1.165) is 34.5 Å². The van der Waals surface area contributed by atoms with Crippen LogP contribution in [-0.2, 0) is 24.2 Å². The number of rotatable bonds is 9. The van der Waals surface area contributed by atoms with Gasteiger partial charge < -0.3 is 9.47 Å². The van der Waals surface area contributed by atoms with E-state index in [1.165, 1.54) is 37.3 Å². The molecule has 1 aromatic carbocycles. The number of hydroxylamine groups is 1. The molecule has 2 atom stereocenters. The Balaban J connectivity index is 1.66. The van der Waals surface area contributed by atoms with E-state index in [1.807, 2.05) is 0 Å². The third kappa shape index (κ3) is 5.49. The molecule has 4 rings (SSSR count). The predicted octanol–water partition coefficient (Wildman–Crippen LogP) is 2.24. The summed E-state index contributed by atoms with van der Waals surface area (Å²) in [5.41, 5.74) is 1.44. The number of aromatic nitrogens is 4. The lowest BCUT2D eigenvalue weighted by molar-refractivity contribution is -0.192. The predicted molar refractivity (Wildman–Crippen MR) is 139 cm³/mol. The van der Waals surface area contributed by atoms with Gasteiger partial charge in [-0.15, -0.1) is 15.1 Å². The molecule has 1 saturated heterocycles. The highest BCUT2D eigenvalue weighted by atomic mass is 32.2. The Hall–Kier alpha value is -3.55. The first-order valence-corrected chi connectivity index (χ1v) is 14.1. The highest BCUT2D eigenvalue weighted by Gasteiger charge is 2.46. The third-order valence-electron chi connectivity index (χ3n) is 6.68. The summed E-state index contributed by atoms with van der Waals surface area (Å²) in [5.74, 6) is -0.495. The number of nitrogens with zero attached hydrogens (tertiary/aromatic N) is 5. The standard InChI is InChI=1S/C25H31N5O7S/c1-5-25(2,38(4,33)34)24(32)30(37-23-8-6-7-15-36-23)28-14-13-19(16-22(28)31)18-9-11-20(12-10-18)29-26-17-21(27-29)35-3/h9-14,16-17,23H,5-8,15H2,1-4H3/t23?,25-/m1/s1. The van der Waals surface area contributed by atoms with Gasteiger partial charge in [-0.3, -0.25) is 9.59 Å². The molecular weight excluding hydrogens is 514 g/mol. The number of pyridine rings is 1. The van der Waals surface area contributed by atoms with Gasteiger partial charge in [-0.1, -0.05) is 19.1 Å². The molecule has 12 nitrogen and oxygen atoms in total. The highest BCUT2D eigenvalue weighted by molar-refractivity contribution is 7.92. The van der Waals surface area contributed by atoms with Gasteiger partial charge in [0.15, 0.2) is 20.9 Å². The maximum atomic E-state index is 13.6. The number of sulfone groups is 1. The molecule has 0 aliphatic carbocycles. The van der Waals surface area contributed by atoms with Gasteiger partial charge in [0.25, 0.3) is 17.3 Å². The zero-order chi connectivity index (χ0) is 27.5. The van der Waals surface area contributed by atoms with Crippen molar-refractivity contribution in [3.8, 4) is 22.7 Å². The van der Waals surface area contributed by atoms with Gasteiger partial charge in [-0.25, -0.2) is 13.3 Å². The second-order valence-electron chi connectivity index (χ2n) is 9.16. The maximum Gasteiger partial charge on any atom is 0.288 e. The topological polar surface area (TPSA) is 135 Å².